The first-order valence-electron chi connectivity index (χ1n) is 8.91. The molecule has 1 fully saturated rings. The highest BCUT2D eigenvalue weighted by Gasteiger charge is 2.24. The fourth-order valence-corrected chi connectivity index (χ4v) is 2.96. The van der Waals surface area contributed by atoms with Gasteiger partial charge in [0.2, 0.25) is 0 Å². The summed E-state index contributed by atoms with van der Waals surface area (Å²) in [5.41, 5.74) is 1.87. The minimum absolute atomic E-state index is 0.0536. The number of hydrogen-bond donors (Lipinski definition) is 2. The molecule has 0 saturated carbocycles. The predicted molar refractivity (Wildman–Crippen MR) is 99.8 cm³/mol. The van der Waals surface area contributed by atoms with Crippen LogP contribution in [0.4, 0.5) is 16.2 Å². The lowest BCUT2D eigenvalue weighted by Gasteiger charge is -2.32. The van der Waals surface area contributed by atoms with Crippen molar-refractivity contribution in [1.29, 1.82) is 0 Å². The van der Waals surface area contributed by atoms with Gasteiger partial charge in [-0.05, 0) is 48.9 Å². The van der Waals surface area contributed by atoms with E-state index in [1.807, 2.05) is 38.1 Å². The number of methoxy groups -OCH3 is 1. The van der Waals surface area contributed by atoms with Crippen molar-refractivity contribution in [2.24, 2.45) is 11.8 Å². The zero-order valence-corrected chi connectivity index (χ0v) is 15.5. The van der Waals surface area contributed by atoms with E-state index in [1.165, 1.54) is 25.6 Å². The minimum Gasteiger partial charge on any atom is -0.467 e. The van der Waals surface area contributed by atoms with E-state index in [2.05, 4.69) is 22.5 Å². The highest BCUT2D eigenvalue weighted by atomic mass is 16.5. The van der Waals surface area contributed by atoms with Gasteiger partial charge < -0.3 is 20.3 Å². The van der Waals surface area contributed by atoms with Crippen LogP contribution in [0.1, 0.15) is 33.6 Å². The van der Waals surface area contributed by atoms with E-state index in [0.29, 0.717) is 5.69 Å². The molecule has 1 heterocycles. The van der Waals surface area contributed by atoms with Gasteiger partial charge in [0.15, 0.2) is 0 Å². The molecule has 0 bridgehead atoms. The van der Waals surface area contributed by atoms with Gasteiger partial charge in [0.25, 0.3) is 0 Å². The number of anilines is 2. The Hall–Kier alpha value is -2.24. The lowest BCUT2D eigenvalue weighted by molar-refractivity contribution is -0.143. The zero-order valence-electron chi connectivity index (χ0n) is 15.5. The highest BCUT2D eigenvalue weighted by Crippen LogP contribution is 2.24. The molecule has 1 aromatic carbocycles. The number of urea groups is 1. The maximum Gasteiger partial charge on any atom is 0.328 e. The first kappa shape index (κ1) is 19.1. The number of amides is 2. The van der Waals surface area contributed by atoms with E-state index >= 15 is 0 Å². The standard InChI is InChI=1S/C19H29N3O3/c1-13(2)17(18(23)25-4)21-19(24)20-15-5-7-16(8-6-15)22-11-9-14(3)10-12-22/h5-8,13-14,17H,9-12H2,1-4H3,(H2,20,21,24)/t17-/m0/s1. The second kappa shape index (κ2) is 8.74. The van der Waals surface area contributed by atoms with Crippen molar-refractivity contribution in [3.63, 3.8) is 0 Å². The van der Waals surface area contributed by atoms with Crippen molar-refractivity contribution < 1.29 is 14.3 Å². The van der Waals surface area contributed by atoms with Gasteiger partial charge in [-0.2, -0.15) is 0 Å². The molecular weight excluding hydrogens is 318 g/mol. The van der Waals surface area contributed by atoms with Crippen LogP contribution in [0.25, 0.3) is 0 Å². The third kappa shape index (κ3) is 5.37. The summed E-state index contributed by atoms with van der Waals surface area (Å²) in [4.78, 5) is 26.2. The lowest BCUT2D eigenvalue weighted by Crippen LogP contribution is -2.46. The number of piperidine rings is 1. The molecule has 1 aliphatic heterocycles. The number of ether oxygens (including phenoxy) is 1. The summed E-state index contributed by atoms with van der Waals surface area (Å²) in [6.45, 7) is 8.15. The number of benzene rings is 1. The number of nitrogens with zero attached hydrogens (tertiary/aromatic N) is 1. The fourth-order valence-electron chi connectivity index (χ4n) is 2.96. The number of carbonyl (C=O) groups is 2. The Bertz CT molecular complexity index is 578. The first-order chi connectivity index (χ1) is 11.9. The van der Waals surface area contributed by atoms with Gasteiger partial charge in [0.1, 0.15) is 6.04 Å². The van der Waals surface area contributed by atoms with Gasteiger partial charge in [0.05, 0.1) is 7.11 Å². The third-order valence-corrected chi connectivity index (χ3v) is 4.68. The highest BCUT2D eigenvalue weighted by molar-refractivity contribution is 5.92. The Morgan fingerprint density at radius 1 is 1.16 bits per heavy atom. The van der Waals surface area contributed by atoms with Gasteiger partial charge in [-0.1, -0.05) is 20.8 Å². The molecule has 0 unspecified atom stereocenters. The topological polar surface area (TPSA) is 70.7 Å². The van der Waals surface area contributed by atoms with Crippen LogP contribution in [0.3, 0.4) is 0 Å². The van der Waals surface area contributed by atoms with Crippen molar-refractivity contribution in [2.75, 3.05) is 30.4 Å². The molecule has 0 aliphatic carbocycles. The first-order valence-corrected chi connectivity index (χ1v) is 8.91. The summed E-state index contributed by atoms with van der Waals surface area (Å²) in [5, 5.41) is 5.43. The molecule has 2 rings (SSSR count). The average Bonchev–Trinajstić information content (AvgIpc) is 2.60. The quantitative estimate of drug-likeness (QED) is 0.802. The van der Waals surface area contributed by atoms with Crippen molar-refractivity contribution in [1.82, 2.24) is 5.32 Å². The van der Waals surface area contributed by atoms with Crippen molar-refractivity contribution in [3.05, 3.63) is 24.3 Å². The third-order valence-electron chi connectivity index (χ3n) is 4.68. The van der Waals surface area contributed by atoms with E-state index in [0.717, 1.165) is 19.0 Å². The summed E-state index contributed by atoms with van der Waals surface area (Å²) < 4.78 is 4.73. The monoisotopic (exact) mass is 347 g/mol. The summed E-state index contributed by atoms with van der Waals surface area (Å²) in [5.74, 6) is 0.298. The number of hydrogen-bond acceptors (Lipinski definition) is 4. The van der Waals surface area contributed by atoms with E-state index in [-0.39, 0.29) is 5.92 Å². The van der Waals surface area contributed by atoms with E-state index in [1.54, 1.807) is 0 Å². The van der Waals surface area contributed by atoms with Crippen LogP contribution in [0.5, 0.6) is 0 Å². The lowest BCUT2D eigenvalue weighted by atomic mass is 9.99. The Labute approximate surface area is 149 Å². The molecule has 1 atom stereocenters. The molecule has 1 aromatic rings. The van der Waals surface area contributed by atoms with Crippen LogP contribution < -0.4 is 15.5 Å². The van der Waals surface area contributed by atoms with Gasteiger partial charge in [-0.15, -0.1) is 0 Å². The molecule has 0 radical (unpaired) electrons. The molecule has 25 heavy (non-hydrogen) atoms. The molecule has 6 nitrogen and oxygen atoms in total. The maximum absolute atomic E-state index is 12.1. The van der Waals surface area contributed by atoms with Gasteiger partial charge >= 0.3 is 12.0 Å². The molecule has 138 valence electrons. The Morgan fingerprint density at radius 2 is 1.76 bits per heavy atom. The second-order valence-electron chi connectivity index (χ2n) is 7.06. The van der Waals surface area contributed by atoms with Crippen molar-refractivity contribution >= 4 is 23.4 Å². The number of esters is 1. The molecule has 1 saturated heterocycles. The molecule has 2 N–H and O–H groups in total. The Balaban J connectivity index is 1.91. The molecular formula is C19H29N3O3. The summed E-state index contributed by atoms with van der Waals surface area (Å²) in [6, 6.07) is 6.73. The summed E-state index contributed by atoms with van der Waals surface area (Å²) >= 11 is 0. The molecule has 1 aliphatic rings. The largest absolute Gasteiger partial charge is 0.467 e. The SMILES string of the molecule is COC(=O)[C@@H](NC(=O)Nc1ccc(N2CCC(C)CC2)cc1)C(C)C. The molecule has 6 heteroatoms. The molecule has 0 spiro atoms. The molecule has 0 aromatic heterocycles. The van der Waals surface area contributed by atoms with Crippen LogP contribution in [0.2, 0.25) is 0 Å². The van der Waals surface area contributed by atoms with Crippen LogP contribution in [-0.4, -0.2) is 38.2 Å². The van der Waals surface area contributed by atoms with Crippen LogP contribution in [0.15, 0.2) is 24.3 Å². The second-order valence-corrected chi connectivity index (χ2v) is 7.06. The fraction of sp³-hybridized carbons (Fsp3) is 0.579. The van der Waals surface area contributed by atoms with Crippen molar-refractivity contribution in [2.45, 2.75) is 39.7 Å². The Kier molecular flexibility index (Phi) is 6.67. The number of rotatable bonds is 5. The number of carbonyl (C=O) groups excluding carboxylic acids is 2. The smallest absolute Gasteiger partial charge is 0.328 e. The number of nitrogens with one attached hydrogen (secondary N) is 2. The summed E-state index contributed by atoms with van der Waals surface area (Å²) in [7, 11) is 1.32. The van der Waals surface area contributed by atoms with Gasteiger partial charge in [-0.25, -0.2) is 9.59 Å². The molecule has 2 amide bonds. The van der Waals surface area contributed by atoms with E-state index in [4.69, 9.17) is 4.74 Å². The van der Waals surface area contributed by atoms with Crippen LogP contribution in [0, 0.1) is 11.8 Å². The summed E-state index contributed by atoms with van der Waals surface area (Å²) in [6.07, 6.45) is 2.43. The van der Waals surface area contributed by atoms with Gasteiger partial charge in [0, 0.05) is 24.5 Å². The predicted octanol–water partition coefficient (Wildman–Crippen LogP) is 3.24. The van der Waals surface area contributed by atoms with E-state index in [9.17, 15) is 9.59 Å². The normalized spacial score (nSPS) is 16.4. The maximum atomic E-state index is 12.1. The Morgan fingerprint density at radius 3 is 2.28 bits per heavy atom. The minimum atomic E-state index is -0.667. The van der Waals surface area contributed by atoms with Crippen molar-refractivity contribution in [3.8, 4) is 0 Å². The van der Waals surface area contributed by atoms with Gasteiger partial charge in [-0.3, -0.25) is 0 Å². The van der Waals surface area contributed by atoms with Crippen LogP contribution >= 0.6 is 0 Å². The van der Waals surface area contributed by atoms with Crippen LogP contribution in [-0.2, 0) is 9.53 Å². The average molecular weight is 347 g/mol. The van der Waals surface area contributed by atoms with E-state index < -0.39 is 18.0 Å². The zero-order chi connectivity index (χ0) is 18.4.